The summed E-state index contributed by atoms with van der Waals surface area (Å²) in [5.41, 5.74) is 0. The first kappa shape index (κ1) is 28.9. The van der Waals surface area contributed by atoms with Crippen molar-refractivity contribution in [3.63, 3.8) is 0 Å². The van der Waals surface area contributed by atoms with Crippen molar-refractivity contribution in [3.05, 3.63) is 0 Å². The topological polar surface area (TPSA) is 57.2 Å². The Morgan fingerprint density at radius 3 is 1.44 bits per heavy atom. The van der Waals surface area contributed by atoms with Crippen LogP contribution in [0.5, 0.6) is 0 Å². The standard InChI is InChI=1S/C12H24F2O3S.C8H20N/c13-10-8-6-4-2-1-3-5-7-9-12(14)11-18(15,16)17;1-5-9(6-2,7-3)8-4/h12H,1-11H2,(H,15,16,17);5-8H2,1-4H3/q;+1/p-1. The Bertz CT molecular complexity index is 398. The van der Waals surface area contributed by atoms with E-state index >= 15 is 0 Å². The minimum atomic E-state index is -4.44. The van der Waals surface area contributed by atoms with Crippen molar-refractivity contribution in [2.24, 2.45) is 0 Å². The Kier molecular flexibility index (Phi) is 19.1. The van der Waals surface area contributed by atoms with Crippen LogP contribution in [0.25, 0.3) is 0 Å². The van der Waals surface area contributed by atoms with Gasteiger partial charge in [0.1, 0.15) is 6.17 Å². The highest BCUT2D eigenvalue weighted by atomic mass is 32.2. The van der Waals surface area contributed by atoms with E-state index in [9.17, 15) is 21.8 Å². The van der Waals surface area contributed by atoms with Crippen LogP contribution in [0.15, 0.2) is 0 Å². The van der Waals surface area contributed by atoms with Gasteiger partial charge in [-0.05, 0) is 40.5 Å². The SMILES string of the molecule is CC[N+](CC)(CC)CC.O=S(=O)([O-])CC(F)CCCCCCCCCCF. The van der Waals surface area contributed by atoms with Gasteiger partial charge in [0.25, 0.3) is 0 Å². The molecule has 0 aromatic rings. The summed E-state index contributed by atoms with van der Waals surface area (Å²) in [5, 5.41) is 0. The summed E-state index contributed by atoms with van der Waals surface area (Å²) in [6, 6.07) is 0. The summed E-state index contributed by atoms with van der Waals surface area (Å²) in [4.78, 5) is 0. The average molecular weight is 416 g/mol. The van der Waals surface area contributed by atoms with Crippen LogP contribution in [0.3, 0.4) is 0 Å². The Morgan fingerprint density at radius 1 is 0.778 bits per heavy atom. The maximum absolute atomic E-state index is 13.0. The second-order valence-electron chi connectivity index (χ2n) is 7.23. The largest absolute Gasteiger partial charge is 0.748 e. The molecule has 0 amide bonds. The molecule has 27 heavy (non-hydrogen) atoms. The van der Waals surface area contributed by atoms with E-state index in [2.05, 4.69) is 27.7 Å². The summed E-state index contributed by atoms with van der Waals surface area (Å²) < 4.78 is 56.9. The first-order valence-corrected chi connectivity index (χ1v) is 12.3. The third kappa shape index (κ3) is 18.8. The van der Waals surface area contributed by atoms with Crippen LogP contribution in [0.4, 0.5) is 8.78 Å². The molecule has 7 heteroatoms. The Hall–Kier alpha value is -0.270. The van der Waals surface area contributed by atoms with Gasteiger partial charge in [0.15, 0.2) is 0 Å². The second-order valence-corrected chi connectivity index (χ2v) is 8.68. The van der Waals surface area contributed by atoms with Gasteiger partial charge >= 0.3 is 0 Å². The molecule has 0 aliphatic heterocycles. The first-order chi connectivity index (χ1) is 12.7. The molecule has 1 unspecified atom stereocenters. The van der Waals surface area contributed by atoms with Crippen LogP contribution in [0.2, 0.25) is 0 Å². The number of quaternary nitrogens is 1. The molecule has 0 radical (unpaired) electrons. The van der Waals surface area contributed by atoms with Gasteiger partial charge in [-0.1, -0.05) is 44.9 Å². The molecule has 0 N–H and O–H groups in total. The highest BCUT2D eigenvalue weighted by molar-refractivity contribution is 7.85. The number of nitrogens with zero attached hydrogens (tertiary/aromatic N) is 1. The Morgan fingerprint density at radius 2 is 1.15 bits per heavy atom. The van der Waals surface area contributed by atoms with Gasteiger partial charge in [-0.25, -0.2) is 12.8 Å². The van der Waals surface area contributed by atoms with Crippen molar-refractivity contribution in [2.75, 3.05) is 38.6 Å². The van der Waals surface area contributed by atoms with Crippen LogP contribution in [-0.4, -0.2) is 62.2 Å². The lowest BCUT2D eigenvalue weighted by Gasteiger charge is -2.34. The van der Waals surface area contributed by atoms with E-state index in [1.54, 1.807) is 0 Å². The zero-order chi connectivity index (χ0) is 21.2. The maximum atomic E-state index is 13.0. The van der Waals surface area contributed by atoms with Crippen molar-refractivity contribution in [2.45, 2.75) is 91.7 Å². The molecule has 0 fully saturated rings. The number of halogens is 2. The smallest absolute Gasteiger partial charge is 0.113 e. The molecule has 0 saturated carbocycles. The van der Waals surface area contributed by atoms with Crippen molar-refractivity contribution in [3.8, 4) is 0 Å². The minimum Gasteiger partial charge on any atom is -0.748 e. The normalized spacial score (nSPS) is 13.1. The van der Waals surface area contributed by atoms with E-state index in [1.165, 1.54) is 30.7 Å². The highest BCUT2D eigenvalue weighted by Crippen LogP contribution is 2.12. The van der Waals surface area contributed by atoms with Crippen LogP contribution in [0.1, 0.15) is 85.5 Å². The van der Waals surface area contributed by atoms with Gasteiger partial charge in [-0.2, -0.15) is 0 Å². The lowest BCUT2D eigenvalue weighted by Crippen LogP contribution is -2.47. The zero-order valence-electron chi connectivity index (χ0n) is 18.0. The highest BCUT2D eigenvalue weighted by Gasteiger charge is 2.16. The minimum absolute atomic E-state index is 0.142. The lowest BCUT2D eigenvalue weighted by atomic mass is 10.1. The molecule has 0 aliphatic rings. The molecule has 4 nitrogen and oxygen atoms in total. The summed E-state index contributed by atoms with van der Waals surface area (Å²) >= 11 is 0. The molecule has 0 bridgehead atoms. The molecule has 0 aromatic carbocycles. The number of alkyl halides is 2. The van der Waals surface area contributed by atoms with Crippen molar-refractivity contribution in [1.29, 1.82) is 0 Å². The molecule has 0 spiro atoms. The predicted molar refractivity (Wildman–Crippen MR) is 109 cm³/mol. The monoisotopic (exact) mass is 415 g/mol. The van der Waals surface area contributed by atoms with E-state index in [0.29, 0.717) is 12.8 Å². The molecule has 0 aliphatic carbocycles. The van der Waals surface area contributed by atoms with Crippen LogP contribution in [0, 0.1) is 0 Å². The van der Waals surface area contributed by atoms with Gasteiger partial charge in [-0.3, -0.25) is 4.39 Å². The molecular weight excluding hydrogens is 372 g/mol. The number of rotatable bonds is 16. The van der Waals surface area contributed by atoms with Gasteiger partial charge < -0.3 is 9.04 Å². The van der Waals surface area contributed by atoms with Gasteiger partial charge in [-0.15, -0.1) is 0 Å². The van der Waals surface area contributed by atoms with Gasteiger partial charge in [0, 0.05) is 0 Å². The maximum Gasteiger partial charge on any atom is 0.113 e. The lowest BCUT2D eigenvalue weighted by molar-refractivity contribution is -0.921. The Labute approximate surface area is 167 Å². The van der Waals surface area contributed by atoms with Crippen LogP contribution in [-0.2, 0) is 10.1 Å². The quantitative estimate of drug-likeness (QED) is 0.197. The predicted octanol–water partition coefficient (Wildman–Crippen LogP) is 5.23. The fourth-order valence-electron chi connectivity index (χ4n) is 3.17. The van der Waals surface area contributed by atoms with Gasteiger partial charge in [0.2, 0.25) is 0 Å². The van der Waals surface area contributed by atoms with Gasteiger partial charge in [0.05, 0.1) is 48.7 Å². The molecule has 0 aromatic heterocycles. The first-order valence-electron chi connectivity index (χ1n) is 10.7. The number of hydrogen-bond acceptors (Lipinski definition) is 3. The summed E-state index contributed by atoms with van der Waals surface area (Å²) in [5.74, 6) is -0.907. The van der Waals surface area contributed by atoms with E-state index in [-0.39, 0.29) is 13.1 Å². The van der Waals surface area contributed by atoms with E-state index < -0.39 is 22.0 Å². The molecule has 1 atom stereocenters. The van der Waals surface area contributed by atoms with Crippen LogP contribution >= 0.6 is 0 Å². The summed E-state index contributed by atoms with van der Waals surface area (Å²) in [7, 11) is -4.44. The number of unbranched alkanes of at least 4 members (excludes halogenated alkanes) is 7. The van der Waals surface area contributed by atoms with Crippen LogP contribution < -0.4 is 0 Å². The summed E-state index contributed by atoms with van der Waals surface area (Å²) in [6.07, 6.45) is 5.75. The molecule has 0 saturated heterocycles. The molecular formula is C20H43F2NO3S. The molecule has 0 heterocycles. The summed E-state index contributed by atoms with van der Waals surface area (Å²) in [6.45, 7) is 14.0. The van der Waals surface area contributed by atoms with Crippen molar-refractivity contribution >= 4 is 10.1 Å². The van der Waals surface area contributed by atoms with E-state index in [1.807, 2.05) is 0 Å². The molecule has 0 rings (SSSR count). The third-order valence-corrected chi connectivity index (χ3v) is 6.24. The van der Waals surface area contributed by atoms with E-state index in [4.69, 9.17) is 0 Å². The van der Waals surface area contributed by atoms with Crippen molar-refractivity contribution < 1.29 is 26.2 Å². The zero-order valence-corrected chi connectivity index (χ0v) is 18.8. The Balaban J connectivity index is 0. The second kappa shape index (κ2) is 17.8. The average Bonchev–Trinajstić information content (AvgIpc) is 2.62. The van der Waals surface area contributed by atoms with Crippen molar-refractivity contribution in [1.82, 2.24) is 0 Å². The third-order valence-electron chi connectivity index (χ3n) is 5.47. The fourth-order valence-corrected chi connectivity index (χ4v) is 3.78. The molecule has 166 valence electrons. The number of hydrogen-bond donors (Lipinski definition) is 0. The fraction of sp³-hybridized carbons (Fsp3) is 1.00. The van der Waals surface area contributed by atoms with E-state index in [0.717, 1.165) is 38.5 Å².